The molecule has 104 valence electrons. The third-order valence-corrected chi connectivity index (χ3v) is 4.96. The van der Waals surface area contributed by atoms with Crippen LogP contribution in [0.2, 0.25) is 0 Å². The van der Waals surface area contributed by atoms with Crippen molar-refractivity contribution in [3.63, 3.8) is 0 Å². The van der Waals surface area contributed by atoms with Crippen molar-refractivity contribution in [2.75, 3.05) is 12.8 Å². The van der Waals surface area contributed by atoms with E-state index in [1.807, 2.05) is 12.1 Å². The van der Waals surface area contributed by atoms with Crippen LogP contribution in [0.4, 0.5) is 5.69 Å². The number of ether oxygens (including phenoxy) is 1. The van der Waals surface area contributed by atoms with Gasteiger partial charge in [-0.1, -0.05) is 19.8 Å². The Bertz CT molecular complexity index is 461. The average Bonchev–Trinajstić information content (AvgIpc) is 2.40. The second kappa shape index (κ2) is 6.33. The highest BCUT2D eigenvalue weighted by Gasteiger charge is 2.22. The molecule has 0 saturated heterocycles. The molecule has 0 amide bonds. The van der Waals surface area contributed by atoms with Gasteiger partial charge in [-0.15, -0.1) is 11.8 Å². The van der Waals surface area contributed by atoms with Gasteiger partial charge in [0.1, 0.15) is 0 Å². The van der Waals surface area contributed by atoms with Crippen molar-refractivity contribution in [3.8, 4) is 0 Å². The molecule has 2 atom stereocenters. The lowest BCUT2D eigenvalue weighted by molar-refractivity contribution is 0.0597. The zero-order chi connectivity index (χ0) is 13.8. The number of anilines is 1. The topological polar surface area (TPSA) is 52.3 Å². The Balaban J connectivity index is 2.17. The monoisotopic (exact) mass is 279 g/mol. The van der Waals surface area contributed by atoms with E-state index in [9.17, 15) is 4.79 Å². The molecule has 1 aliphatic rings. The number of hydrogen-bond donors (Lipinski definition) is 1. The molecule has 0 radical (unpaired) electrons. The second-order valence-corrected chi connectivity index (χ2v) is 6.60. The van der Waals surface area contributed by atoms with Gasteiger partial charge in [0.25, 0.3) is 0 Å². The van der Waals surface area contributed by atoms with Crippen molar-refractivity contribution in [2.24, 2.45) is 5.92 Å². The third-order valence-electron chi connectivity index (χ3n) is 3.59. The van der Waals surface area contributed by atoms with Gasteiger partial charge in [-0.05, 0) is 37.0 Å². The molecule has 1 saturated carbocycles. The molecule has 0 aliphatic heterocycles. The van der Waals surface area contributed by atoms with E-state index in [0.717, 1.165) is 10.8 Å². The van der Waals surface area contributed by atoms with Gasteiger partial charge in [-0.25, -0.2) is 4.79 Å². The smallest absolute Gasteiger partial charge is 0.339 e. The number of nitrogen functional groups attached to an aromatic ring is 1. The van der Waals surface area contributed by atoms with Crippen molar-refractivity contribution in [3.05, 3.63) is 23.8 Å². The van der Waals surface area contributed by atoms with Crippen LogP contribution >= 0.6 is 11.8 Å². The van der Waals surface area contributed by atoms with E-state index in [2.05, 4.69) is 6.92 Å². The van der Waals surface area contributed by atoms with Gasteiger partial charge in [0.05, 0.1) is 12.7 Å². The highest BCUT2D eigenvalue weighted by Crippen LogP contribution is 2.38. The molecule has 4 heteroatoms. The van der Waals surface area contributed by atoms with Crippen molar-refractivity contribution >= 4 is 23.4 Å². The van der Waals surface area contributed by atoms with E-state index < -0.39 is 0 Å². The predicted octanol–water partition coefficient (Wildman–Crippen LogP) is 3.73. The summed E-state index contributed by atoms with van der Waals surface area (Å²) in [6.07, 6.45) is 5.04. The van der Waals surface area contributed by atoms with Gasteiger partial charge in [-0.3, -0.25) is 0 Å². The van der Waals surface area contributed by atoms with E-state index >= 15 is 0 Å². The van der Waals surface area contributed by atoms with Crippen LogP contribution in [-0.4, -0.2) is 18.3 Å². The molecule has 2 N–H and O–H groups in total. The summed E-state index contributed by atoms with van der Waals surface area (Å²) < 4.78 is 4.83. The number of hydrogen-bond acceptors (Lipinski definition) is 4. The van der Waals surface area contributed by atoms with Gasteiger partial charge < -0.3 is 10.5 Å². The van der Waals surface area contributed by atoms with Gasteiger partial charge in [0.2, 0.25) is 0 Å². The first kappa shape index (κ1) is 14.3. The Hall–Kier alpha value is -1.16. The summed E-state index contributed by atoms with van der Waals surface area (Å²) in [5.41, 5.74) is 6.95. The molecule has 1 aliphatic carbocycles. The Labute approximate surface area is 118 Å². The molecule has 1 aromatic carbocycles. The van der Waals surface area contributed by atoms with Gasteiger partial charge in [0, 0.05) is 15.8 Å². The first-order valence-electron chi connectivity index (χ1n) is 6.74. The molecule has 2 unspecified atom stereocenters. The lowest BCUT2D eigenvalue weighted by atomic mass is 9.91. The van der Waals surface area contributed by atoms with Crippen molar-refractivity contribution < 1.29 is 9.53 Å². The first-order valence-corrected chi connectivity index (χ1v) is 7.62. The summed E-state index contributed by atoms with van der Waals surface area (Å²) in [7, 11) is 1.41. The predicted molar refractivity (Wildman–Crippen MR) is 79.5 cm³/mol. The summed E-state index contributed by atoms with van der Waals surface area (Å²) in [4.78, 5) is 12.8. The quantitative estimate of drug-likeness (QED) is 0.676. The molecule has 0 spiro atoms. The lowest BCUT2D eigenvalue weighted by Crippen LogP contribution is -2.15. The molecule has 0 heterocycles. The van der Waals surface area contributed by atoms with Crippen molar-refractivity contribution in [1.82, 2.24) is 0 Å². The van der Waals surface area contributed by atoms with E-state index in [4.69, 9.17) is 10.5 Å². The van der Waals surface area contributed by atoms with Crippen molar-refractivity contribution in [2.45, 2.75) is 42.8 Å². The molecule has 1 aromatic rings. The zero-order valence-electron chi connectivity index (χ0n) is 11.5. The maximum absolute atomic E-state index is 11.8. The second-order valence-electron chi connectivity index (χ2n) is 5.26. The largest absolute Gasteiger partial charge is 0.465 e. The fourth-order valence-electron chi connectivity index (χ4n) is 2.58. The zero-order valence-corrected chi connectivity index (χ0v) is 12.3. The van der Waals surface area contributed by atoms with Crippen LogP contribution in [0.3, 0.4) is 0 Å². The number of esters is 1. The minimum atomic E-state index is -0.307. The number of carbonyl (C=O) groups is 1. The molecular formula is C15H21NO2S. The van der Waals surface area contributed by atoms with Gasteiger partial charge in [-0.2, -0.15) is 0 Å². The maximum atomic E-state index is 11.8. The minimum Gasteiger partial charge on any atom is -0.465 e. The number of methoxy groups -OCH3 is 1. The Morgan fingerprint density at radius 1 is 1.42 bits per heavy atom. The standard InChI is InChI=1S/C15H21NO2S/c1-10-4-3-5-12(8-10)19-14-7-6-11(16)9-13(14)15(17)18-2/h6-7,9-10,12H,3-5,8,16H2,1-2H3. The van der Waals surface area contributed by atoms with Crippen LogP contribution in [0.15, 0.2) is 23.1 Å². The summed E-state index contributed by atoms with van der Waals surface area (Å²) in [5, 5.41) is 0.593. The SMILES string of the molecule is COC(=O)c1cc(N)ccc1SC1CCCC(C)C1. The highest BCUT2D eigenvalue weighted by molar-refractivity contribution is 8.00. The Morgan fingerprint density at radius 2 is 2.21 bits per heavy atom. The summed E-state index contributed by atoms with van der Waals surface area (Å²) in [6, 6.07) is 5.49. The van der Waals surface area contributed by atoms with E-state index in [1.165, 1.54) is 32.8 Å². The number of benzene rings is 1. The number of nitrogens with two attached hydrogens (primary N) is 1. The Morgan fingerprint density at radius 3 is 2.89 bits per heavy atom. The summed E-state index contributed by atoms with van der Waals surface area (Å²) >= 11 is 1.79. The van der Waals surface area contributed by atoms with Crippen LogP contribution < -0.4 is 5.73 Å². The van der Waals surface area contributed by atoms with Crippen LogP contribution in [-0.2, 0) is 4.74 Å². The van der Waals surface area contributed by atoms with Gasteiger partial charge >= 0.3 is 5.97 Å². The summed E-state index contributed by atoms with van der Waals surface area (Å²) in [6.45, 7) is 2.30. The maximum Gasteiger partial charge on any atom is 0.339 e. The number of carbonyl (C=O) groups excluding carboxylic acids is 1. The third kappa shape index (κ3) is 3.66. The molecular weight excluding hydrogens is 258 g/mol. The average molecular weight is 279 g/mol. The van der Waals surface area contributed by atoms with Crippen molar-refractivity contribution in [1.29, 1.82) is 0 Å². The van der Waals surface area contributed by atoms with Crippen LogP contribution in [0, 0.1) is 5.92 Å². The fraction of sp³-hybridized carbons (Fsp3) is 0.533. The highest BCUT2D eigenvalue weighted by atomic mass is 32.2. The van der Waals surface area contributed by atoms with Gasteiger partial charge in [0.15, 0.2) is 0 Å². The molecule has 0 bridgehead atoms. The fourth-order valence-corrected chi connectivity index (χ4v) is 4.07. The molecule has 19 heavy (non-hydrogen) atoms. The van der Waals surface area contributed by atoms with E-state index in [0.29, 0.717) is 16.5 Å². The molecule has 1 fully saturated rings. The molecule has 3 nitrogen and oxygen atoms in total. The van der Waals surface area contributed by atoms with E-state index in [1.54, 1.807) is 17.8 Å². The van der Waals surface area contributed by atoms with Crippen LogP contribution in [0.25, 0.3) is 0 Å². The Kier molecular flexibility index (Phi) is 4.75. The summed E-state index contributed by atoms with van der Waals surface area (Å²) in [5.74, 6) is 0.472. The van der Waals surface area contributed by atoms with Crippen LogP contribution in [0.1, 0.15) is 43.0 Å². The van der Waals surface area contributed by atoms with E-state index in [-0.39, 0.29) is 5.97 Å². The number of thioether (sulfide) groups is 1. The number of rotatable bonds is 3. The normalized spacial score (nSPS) is 23.1. The minimum absolute atomic E-state index is 0.307. The van der Waals surface area contributed by atoms with Crippen LogP contribution in [0.5, 0.6) is 0 Å². The molecule has 0 aromatic heterocycles. The molecule has 2 rings (SSSR count). The lowest BCUT2D eigenvalue weighted by Gasteiger charge is -2.26. The first-order chi connectivity index (χ1) is 9.10.